The highest BCUT2D eigenvalue weighted by Crippen LogP contribution is 2.27. The SMILES string of the molecule is Cc1cc(C)c(-c2cnn(C)c2)c(C)c1. The Labute approximate surface area is 90.6 Å². The summed E-state index contributed by atoms with van der Waals surface area (Å²) in [5.74, 6) is 0. The number of aromatic nitrogens is 2. The fourth-order valence-corrected chi connectivity index (χ4v) is 2.19. The van der Waals surface area contributed by atoms with Crippen molar-refractivity contribution in [2.45, 2.75) is 20.8 Å². The molecule has 0 saturated heterocycles. The van der Waals surface area contributed by atoms with Crippen molar-refractivity contribution in [3.05, 3.63) is 41.2 Å². The molecule has 0 N–H and O–H groups in total. The van der Waals surface area contributed by atoms with E-state index < -0.39 is 0 Å². The maximum absolute atomic E-state index is 4.21. The van der Waals surface area contributed by atoms with Gasteiger partial charge in [0, 0.05) is 18.8 Å². The second-order valence-electron chi connectivity index (χ2n) is 4.18. The Morgan fingerprint density at radius 2 is 1.67 bits per heavy atom. The van der Waals surface area contributed by atoms with E-state index in [1.165, 1.54) is 27.8 Å². The molecule has 78 valence electrons. The lowest BCUT2D eigenvalue weighted by Crippen LogP contribution is -1.89. The highest BCUT2D eigenvalue weighted by Gasteiger charge is 2.07. The highest BCUT2D eigenvalue weighted by atomic mass is 15.2. The molecule has 1 heterocycles. The van der Waals surface area contributed by atoms with E-state index in [9.17, 15) is 0 Å². The van der Waals surface area contributed by atoms with Crippen LogP contribution in [0.3, 0.4) is 0 Å². The summed E-state index contributed by atoms with van der Waals surface area (Å²) in [6.07, 6.45) is 3.98. The molecule has 2 rings (SSSR count). The average molecular weight is 200 g/mol. The number of hydrogen-bond donors (Lipinski definition) is 0. The lowest BCUT2D eigenvalue weighted by molar-refractivity contribution is 0.768. The summed E-state index contributed by atoms with van der Waals surface area (Å²) >= 11 is 0. The molecule has 15 heavy (non-hydrogen) atoms. The number of benzene rings is 1. The summed E-state index contributed by atoms with van der Waals surface area (Å²) in [5, 5.41) is 4.21. The normalized spacial score (nSPS) is 10.7. The Balaban J connectivity index is 2.62. The van der Waals surface area contributed by atoms with Gasteiger partial charge >= 0.3 is 0 Å². The summed E-state index contributed by atoms with van der Waals surface area (Å²) in [4.78, 5) is 0. The van der Waals surface area contributed by atoms with Crippen molar-refractivity contribution in [3.8, 4) is 11.1 Å². The summed E-state index contributed by atoms with van der Waals surface area (Å²) in [6.45, 7) is 6.44. The van der Waals surface area contributed by atoms with Crippen molar-refractivity contribution in [1.29, 1.82) is 0 Å². The maximum atomic E-state index is 4.21. The van der Waals surface area contributed by atoms with Crippen molar-refractivity contribution in [1.82, 2.24) is 9.78 Å². The van der Waals surface area contributed by atoms with Gasteiger partial charge in [0.15, 0.2) is 0 Å². The molecule has 2 nitrogen and oxygen atoms in total. The maximum Gasteiger partial charge on any atom is 0.0568 e. The molecular formula is C13H16N2. The van der Waals surface area contributed by atoms with Gasteiger partial charge in [-0.15, -0.1) is 0 Å². The zero-order valence-electron chi connectivity index (χ0n) is 9.70. The smallest absolute Gasteiger partial charge is 0.0568 e. The van der Waals surface area contributed by atoms with E-state index in [0.717, 1.165) is 0 Å². The molecule has 0 spiro atoms. The monoisotopic (exact) mass is 200 g/mol. The second kappa shape index (κ2) is 3.54. The predicted octanol–water partition coefficient (Wildman–Crippen LogP) is 3.01. The van der Waals surface area contributed by atoms with Gasteiger partial charge in [-0.3, -0.25) is 4.68 Å². The number of aryl methyl sites for hydroxylation is 4. The number of hydrogen-bond acceptors (Lipinski definition) is 1. The summed E-state index contributed by atoms with van der Waals surface area (Å²) in [5.41, 5.74) is 6.47. The van der Waals surface area contributed by atoms with Gasteiger partial charge in [-0.25, -0.2) is 0 Å². The van der Waals surface area contributed by atoms with E-state index in [-0.39, 0.29) is 0 Å². The van der Waals surface area contributed by atoms with E-state index in [1.807, 2.05) is 17.9 Å². The van der Waals surface area contributed by atoms with Crippen LogP contribution in [0.15, 0.2) is 24.5 Å². The second-order valence-corrected chi connectivity index (χ2v) is 4.18. The van der Waals surface area contributed by atoms with Crippen molar-refractivity contribution in [2.24, 2.45) is 7.05 Å². The quantitative estimate of drug-likeness (QED) is 0.692. The van der Waals surface area contributed by atoms with Gasteiger partial charge in [-0.1, -0.05) is 17.7 Å². The molecule has 0 saturated carbocycles. The van der Waals surface area contributed by atoms with Gasteiger partial charge in [0.25, 0.3) is 0 Å². The van der Waals surface area contributed by atoms with E-state index >= 15 is 0 Å². The Morgan fingerprint density at radius 1 is 1.07 bits per heavy atom. The number of rotatable bonds is 1. The fraction of sp³-hybridized carbons (Fsp3) is 0.308. The third-order valence-corrected chi connectivity index (χ3v) is 2.67. The molecule has 0 radical (unpaired) electrons. The third kappa shape index (κ3) is 1.80. The molecule has 0 bridgehead atoms. The Hall–Kier alpha value is -1.57. The fourth-order valence-electron chi connectivity index (χ4n) is 2.19. The minimum atomic E-state index is 1.20. The zero-order valence-corrected chi connectivity index (χ0v) is 9.70. The van der Waals surface area contributed by atoms with E-state index in [2.05, 4.69) is 44.2 Å². The molecule has 0 atom stereocenters. The van der Waals surface area contributed by atoms with Gasteiger partial charge in [0.05, 0.1) is 6.20 Å². The van der Waals surface area contributed by atoms with Gasteiger partial charge in [0.2, 0.25) is 0 Å². The first-order valence-corrected chi connectivity index (χ1v) is 5.15. The van der Waals surface area contributed by atoms with Crippen molar-refractivity contribution >= 4 is 0 Å². The lowest BCUT2D eigenvalue weighted by atomic mass is 9.96. The first kappa shape index (κ1) is 9.97. The molecule has 0 aliphatic carbocycles. The Bertz CT molecular complexity index is 472. The molecule has 1 aromatic carbocycles. The van der Waals surface area contributed by atoms with E-state index in [4.69, 9.17) is 0 Å². The van der Waals surface area contributed by atoms with Crippen LogP contribution < -0.4 is 0 Å². The van der Waals surface area contributed by atoms with E-state index in [1.54, 1.807) is 0 Å². The third-order valence-electron chi connectivity index (χ3n) is 2.67. The molecule has 0 aliphatic rings. The minimum absolute atomic E-state index is 1.20. The molecular weight excluding hydrogens is 184 g/mol. The van der Waals surface area contributed by atoms with Gasteiger partial charge in [-0.2, -0.15) is 5.10 Å². The van der Waals surface area contributed by atoms with Crippen LogP contribution in [0.4, 0.5) is 0 Å². The molecule has 0 fully saturated rings. The predicted molar refractivity (Wildman–Crippen MR) is 62.9 cm³/mol. The highest BCUT2D eigenvalue weighted by molar-refractivity contribution is 5.70. The average Bonchev–Trinajstić information content (AvgIpc) is 2.49. The number of nitrogens with zero attached hydrogens (tertiary/aromatic N) is 2. The van der Waals surface area contributed by atoms with Crippen LogP contribution in [0.5, 0.6) is 0 Å². The molecule has 1 aromatic heterocycles. The van der Waals surface area contributed by atoms with Crippen molar-refractivity contribution < 1.29 is 0 Å². The molecule has 0 amide bonds. The zero-order chi connectivity index (χ0) is 11.0. The Morgan fingerprint density at radius 3 is 2.13 bits per heavy atom. The van der Waals surface area contributed by atoms with Crippen LogP contribution in [0, 0.1) is 20.8 Å². The summed E-state index contributed by atoms with van der Waals surface area (Å²) in [7, 11) is 1.95. The van der Waals surface area contributed by atoms with Crippen LogP contribution in [0.1, 0.15) is 16.7 Å². The minimum Gasteiger partial charge on any atom is -0.275 e. The summed E-state index contributed by atoms with van der Waals surface area (Å²) < 4.78 is 1.84. The first-order chi connectivity index (χ1) is 7.08. The summed E-state index contributed by atoms with van der Waals surface area (Å²) in [6, 6.07) is 4.44. The Kier molecular flexibility index (Phi) is 2.35. The van der Waals surface area contributed by atoms with Crippen molar-refractivity contribution in [3.63, 3.8) is 0 Å². The van der Waals surface area contributed by atoms with Crippen LogP contribution in [0.2, 0.25) is 0 Å². The van der Waals surface area contributed by atoms with Gasteiger partial charge in [0.1, 0.15) is 0 Å². The molecule has 0 unspecified atom stereocenters. The van der Waals surface area contributed by atoms with Crippen molar-refractivity contribution in [2.75, 3.05) is 0 Å². The molecule has 2 heteroatoms. The van der Waals surface area contributed by atoms with Gasteiger partial charge in [-0.05, 0) is 37.5 Å². The standard InChI is InChI=1S/C13H16N2/c1-9-5-10(2)13(11(3)6-9)12-7-14-15(4)8-12/h5-8H,1-4H3. The molecule has 0 aliphatic heterocycles. The van der Waals surface area contributed by atoms with Gasteiger partial charge < -0.3 is 0 Å². The lowest BCUT2D eigenvalue weighted by Gasteiger charge is -2.09. The molecule has 2 aromatic rings. The largest absolute Gasteiger partial charge is 0.275 e. The van der Waals surface area contributed by atoms with E-state index in [0.29, 0.717) is 0 Å². The van der Waals surface area contributed by atoms with Crippen LogP contribution in [0.25, 0.3) is 11.1 Å². The topological polar surface area (TPSA) is 17.8 Å². The van der Waals surface area contributed by atoms with Crippen LogP contribution >= 0.6 is 0 Å². The van der Waals surface area contributed by atoms with Crippen LogP contribution in [-0.2, 0) is 7.05 Å². The van der Waals surface area contributed by atoms with Crippen LogP contribution in [-0.4, -0.2) is 9.78 Å². The first-order valence-electron chi connectivity index (χ1n) is 5.15.